The van der Waals surface area contributed by atoms with Gasteiger partial charge in [0.2, 0.25) is 0 Å². The second-order valence-corrected chi connectivity index (χ2v) is 4.29. The zero-order valence-corrected chi connectivity index (χ0v) is 8.53. The van der Waals surface area contributed by atoms with Gasteiger partial charge in [0, 0.05) is 12.3 Å². The van der Waals surface area contributed by atoms with Crippen molar-refractivity contribution in [3.05, 3.63) is 12.2 Å². The zero-order chi connectivity index (χ0) is 9.90. The van der Waals surface area contributed by atoms with Crippen molar-refractivity contribution in [2.24, 2.45) is 5.92 Å². The van der Waals surface area contributed by atoms with Gasteiger partial charge in [0.15, 0.2) is 0 Å². The van der Waals surface area contributed by atoms with Crippen LogP contribution in [0.25, 0.3) is 0 Å². The lowest BCUT2D eigenvalue weighted by atomic mass is 9.82. The second-order valence-electron chi connectivity index (χ2n) is 4.29. The van der Waals surface area contributed by atoms with E-state index in [4.69, 9.17) is 0 Å². The Balaban J connectivity index is 2.49. The van der Waals surface area contributed by atoms with Crippen LogP contribution in [0.2, 0.25) is 0 Å². The highest BCUT2D eigenvalue weighted by molar-refractivity contribution is 5.08. The minimum atomic E-state index is -0.803. The van der Waals surface area contributed by atoms with Crippen LogP contribution < -0.4 is 0 Å². The highest BCUT2D eigenvalue weighted by Gasteiger charge is 2.30. The van der Waals surface area contributed by atoms with Gasteiger partial charge in [-0.3, -0.25) is 0 Å². The highest BCUT2D eigenvalue weighted by Crippen LogP contribution is 2.28. The van der Waals surface area contributed by atoms with Crippen LogP contribution >= 0.6 is 0 Å². The fraction of sp³-hybridized carbons (Fsp3) is 0.818. The van der Waals surface area contributed by atoms with Gasteiger partial charge in [-0.15, -0.1) is 0 Å². The second kappa shape index (κ2) is 4.25. The molecule has 0 saturated carbocycles. The standard InChI is InChI=1S/C11H20O2/c1-3-4-5-9-6-7-11(2,13)8-10(9)12/h6-7,9-10,12-13H,3-5,8H2,1-2H3/t9-,10+,11+/m0/s1. The Morgan fingerprint density at radius 1 is 1.54 bits per heavy atom. The average molecular weight is 184 g/mol. The molecular weight excluding hydrogens is 164 g/mol. The van der Waals surface area contributed by atoms with Crippen molar-refractivity contribution in [3.63, 3.8) is 0 Å². The summed E-state index contributed by atoms with van der Waals surface area (Å²) in [7, 11) is 0. The molecule has 0 bridgehead atoms. The van der Waals surface area contributed by atoms with E-state index in [1.807, 2.05) is 12.2 Å². The highest BCUT2D eigenvalue weighted by atomic mass is 16.3. The number of aliphatic hydroxyl groups excluding tert-OH is 1. The summed E-state index contributed by atoms with van der Waals surface area (Å²) in [6, 6.07) is 0. The van der Waals surface area contributed by atoms with Gasteiger partial charge >= 0.3 is 0 Å². The van der Waals surface area contributed by atoms with Crippen molar-refractivity contribution in [1.29, 1.82) is 0 Å². The maximum Gasteiger partial charge on any atom is 0.0824 e. The van der Waals surface area contributed by atoms with E-state index in [-0.39, 0.29) is 12.0 Å². The van der Waals surface area contributed by atoms with Gasteiger partial charge < -0.3 is 10.2 Å². The fourth-order valence-corrected chi connectivity index (χ4v) is 1.83. The summed E-state index contributed by atoms with van der Waals surface area (Å²) < 4.78 is 0. The monoisotopic (exact) mass is 184 g/mol. The molecule has 76 valence electrons. The molecule has 0 aromatic heterocycles. The minimum Gasteiger partial charge on any atom is -0.392 e. The van der Waals surface area contributed by atoms with E-state index in [1.165, 1.54) is 0 Å². The fourth-order valence-electron chi connectivity index (χ4n) is 1.83. The summed E-state index contributed by atoms with van der Waals surface area (Å²) >= 11 is 0. The molecule has 13 heavy (non-hydrogen) atoms. The van der Waals surface area contributed by atoms with Crippen LogP contribution in [0.5, 0.6) is 0 Å². The van der Waals surface area contributed by atoms with Crippen molar-refractivity contribution >= 4 is 0 Å². The van der Waals surface area contributed by atoms with Gasteiger partial charge in [0.05, 0.1) is 11.7 Å². The normalized spacial score (nSPS) is 39.4. The summed E-state index contributed by atoms with van der Waals surface area (Å²) in [6.45, 7) is 3.89. The van der Waals surface area contributed by atoms with E-state index in [0.717, 1.165) is 19.3 Å². The molecule has 0 aliphatic heterocycles. The third kappa shape index (κ3) is 3.12. The van der Waals surface area contributed by atoms with Crippen LogP contribution in [0.1, 0.15) is 39.5 Å². The van der Waals surface area contributed by atoms with Crippen molar-refractivity contribution in [3.8, 4) is 0 Å². The molecule has 1 aliphatic rings. The van der Waals surface area contributed by atoms with Crippen LogP contribution in [-0.4, -0.2) is 21.9 Å². The maximum absolute atomic E-state index is 9.72. The first-order valence-electron chi connectivity index (χ1n) is 5.15. The molecule has 0 radical (unpaired) electrons. The average Bonchev–Trinajstić information content (AvgIpc) is 2.02. The van der Waals surface area contributed by atoms with Gasteiger partial charge in [-0.1, -0.05) is 31.9 Å². The largest absolute Gasteiger partial charge is 0.392 e. The predicted molar refractivity (Wildman–Crippen MR) is 53.4 cm³/mol. The first kappa shape index (κ1) is 10.7. The van der Waals surface area contributed by atoms with Gasteiger partial charge in [-0.05, 0) is 13.3 Å². The topological polar surface area (TPSA) is 40.5 Å². The molecule has 0 saturated heterocycles. The Hall–Kier alpha value is -0.340. The molecule has 2 N–H and O–H groups in total. The molecule has 2 nitrogen and oxygen atoms in total. The van der Waals surface area contributed by atoms with Crippen molar-refractivity contribution in [2.75, 3.05) is 0 Å². The van der Waals surface area contributed by atoms with E-state index in [9.17, 15) is 10.2 Å². The van der Waals surface area contributed by atoms with Gasteiger partial charge in [0.1, 0.15) is 0 Å². The lowest BCUT2D eigenvalue weighted by Gasteiger charge is -2.32. The Labute approximate surface area is 80.3 Å². The van der Waals surface area contributed by atoms with Gasteiger partial charge in [0.25, 0.3) is 0 Å². The number of rotatable bonds is 3. The SMILES string of the molecule is CCCC[C@H]1C=C[C@@](C)(O)C[C@H]1O. The molecule has 0 unspecified atom stereocenters. The Bertz CT molecular complexity index is 185. The Morgan fingerprint density at radius 2 is 2.23 bits per heavy atom. The Kier molecular flexibility index (Phi) is 3.51. The first-order chi connectivity index (χ1) is 6.05. The number of aliphatic hydroxyl groups is 2. The van der Waals surface area contributed by atoms with Crippen LogP contribution in [0, 0.1) is 5.92 Å². The van der Waals surface area contributed by atoms with Crippen molar-refractivity contribution in [2.45, 2.75) is 51.2 Å². The van der Waals surface area contributed by atoms with E-state index in [2.05, 4.69) is 6.92 Å². The summed E-state index contributed by atoms with van der Waals surface area (Å²) in [5.41, 5.74) is -0.803. The zero-order valence-electron chi connectivity index (χ0n) is 8.53. The lowest BCUT2D eigenvalue weighted by Crippen LogP contribution is -2.35. The van der Waals surface area contributed by atoms with Crippen LogP contribution in [0.3, 0.4) is 0 Å². The maximum atomic E-state index is 9.72. The Morgan fingerprint density at radius 3 is 2.77 bits per heavy atom. The van der Waals surface area contributed by atoms with Gasteiger partial charge in [-0.2, -0.15) is 0 Å². The summed E-state index contributed by atoms with van der Waals surface area (Å²) in [6.07, 6.45) is 7.22. The summed E-state index contributed by atoms with van der Waals surface area (Å²) in [4.78, 5) is 0. The summed E-state index contributed by atoms with van der Waals surface area (Å²) in [5.74, 6) is 0.250. The molecule has 3 atom stereocenters. The molecule has 1 rings (SSSR count). The molecule has 1 aliphatic carbocycles. The van der Waals surface area contributed by atoms with Gasteiger partial charge in [-0.25, -0.2) is 0 Å². The molecular formula is C11H20O2. The van der Waals surface area contributed by atoms with E-state index >= 15 is 0 Å². The third-order valence-electron chi connectivity index (χ3n) is 2.71. The molecule has 2 heteroatoms. The van der Waals surface area contributed by atoms with Crippen LogP contribution in [-0.2, 0) is 0 Å². The molecule has 0 amide bonds. The predicted octanol–water partition coefficient (Wildman–Crippen LogP) is 1.86. The van der Waals surface area contributed by atoms with Crippen LogP contribution in [0.4, 0.5) is 0 Å². The number of hydrogen-bond donors (Lipinski definition) is 2. The third-order valence-corrected chi connectivity index (χ3v) is 2.71. The molecule has 0 aromatic carbocycles. The minimum absolute atomic E-state index is 0.250. The molecule has 0 aromatic rings. The first-order valence-corrected chi connectivity index (χ1v) is 5.15. The molecule has 0 fully saturated rings. The van der Waals surface area contributed by atoms with Crippen LogP contribution in [0.15, 0.2) is 12.2 Å². The lowest BCUT2D eigenvalue weighted by molar-refractivity contribution is 0.00931. The molecule has 0 spiro atoms. The van der Waals surface area contributed by atoms with Crippen molar-refractivity contribution < 1.29 is 10.2 Å². The van der Waals surface area contributed by atoms with E-state index in [1.54, 1.807) is 6.92 Å². The number of unbranched alkanes of at least 4 members (excludes halogenated alkanes) is 1. The summed E-state index contributed by atoms with van der Waals surface area (Å²) in [5, 5.41) is 19.4. The number of hydrogen-bond acceptors (Lipinski definition) is 2. The van der Waals surface area contributed by atoms with E-state index in [0.29, 0.717) is 6.42 Å². The van der Waals surface area contributed by atoms with Crippen molar-refractivity contribution in [1.82, 2.24) is 0 Å². The smallest absolute Gasteiger partial charge is 0.0824 e. The quantitative estimate of drug-likeness (QED) is 0.657. The van der Waals surface area contributed by atoms with E-state index < -0.39 is 5.60 Å². The molecule has 0 heterocycles.